The molecular formula is C17H25N5S. The SMILES string of the molecule is CCCCN(C)c1ncnc2c1N=C1CC(C)(C)CC(N)=C1S2. The molecule has 0 radical (unpaired) electrons. The first-order valence-corrected chi connectivity index (χ1v) is 9.03. The maximum absolute atomic E-state index is 6.31. The third-order valence-corrected chi connectivity index (χ3v) is 5.49. The first-order chi connectivity index (χ1) is 10.9. The van der Waals surface area contributed by atoms with Crippen LogP contribution in [-0.4, -0.2) is 29.3 Å². The number of hydrogen-bond donors (Lipinski definition) is 1. The fourth-order valence-corrected chi connectivity index (χ4v) is 4.10. The molecule has 3 rings (SSSR count). The van der Waals surface area contributed by atoms with Gasteiger partial charge in [0.05, 0.1) is 10.6 Å². The van der Waals surface area contributed by atoms with Gasteiger partial charge in [0.2, 0.25) is 0 Å². The van der Waals surface area contributed by atoms with Gasteiger partial charge in [-0.05, 0) is 24.7 Å². The predicted molar refractivity (Wildman–Crippen MR) is 97.4 cm³/mol. The highest BCUT2D eigenvalue weighted by Crippen LogP contribution is 2.49. The second-order valence-electron chi connectivity index (χ2n) is 7.16. The minimum atomic E-state index is 0.161. The van der Waals surface area contributed by atoms with Gasteiger partial charge in [-0.25, -0.2) is 15.0 Å². The fraction of sp³-hybridized carbons (Fsp3) is 0.588. The van der Waals surface area contributed by atoms with Crippen LogP contribution >= 0.6 is 11.8 Å². The van der Waals surface area contributed by atoms with Gasteiger partial charge in [0.15, 0.2) is 5.82 Å². The zero-order valence-corrected chi connectivity index (χ0v) is 15.2. The molecule has 1 aliphatic carbocycles. The molecule has 2 N–H and O–H groups in total. The summed E-state index contributed by atoms with van der Waals surface area (Å²) in [4.78, 5) is 17.1. The van der Waals surface area contributed by atoms with Crippen LogP contribution in [0.5, 0.6) is 0 Å². The number of anilines is 1. The summed E-state index contributed by atoms with van der Waals surface area (Å²) in [6.45, 7) is 7.67. The third-order valence-electron chi connectivity index (χ3n) is 4.29. The summed E-state index contributed by atoms with van der Waals surface area (Å²) < 4.78 is 0. The first kappa shape index (κ1) is 16.3. The lowest BCUT2D eigenvalue weighted by atomic mass is 9.78. The number of nitrogens with zero attached hydrogens (tertiary/aromatic N) is 4. The van der Waals surface area contributed by atoms with Crippen LogP contribution in [0.4, 0.5) is 11.5 Å². The monoisotopic (exact) mass is 331 g/mol. The molecule has 0 unspecified atom stereocenters. The van der Waals surface area contributed by atoms with Crippen molar-refractivity contribution in [2.75, 3.05) is 18.5 Å². The Kier molecular flexibility index (Phi) is 4.36. The molecule has 0 saturated heterocycles. The molecule has 0 atom stereocenters. The maximum Gasteiger partial charge on any atom is 0.158 e. The highest BCUT2D eigenvalue weighted by atomic mass is 32.2. The van der Waals surface area contributed by atoms with E-state index in [1.807, 2.05) is 0 Å². The molecule has 5 nitrogen and oxygen atoms in total. The molecule has 2 heterocycles. The van der Waals surface area contributed by atoms with Crippen LogP contribution in [-0.2, 0) is 0 Å². The van der Waals surface area contributed by atoms with Crippen molar-refractivity contribution in [3.05, 3.63) is 16.9 Å². The van der Waals surface area contributed by atoms with Gasteiger partial charge in [0.1, 0.15) is 17.0 Å². The first-order valence-electron chi connectivity index (χ1n) is 8.22. The molecule has 0 aromatic carbocycles. The van der Waals surface area contributed by atoms with Crippen LogP contribution < -0.4 is 10.6 Å². The van der Waals surface area contributed by atoms with Gasteiger partial charge in [0, 0.05) is 19.3 Å². The molecular weight excluding hydrogens is 306 g/mol. The number of aromatic nitrogens is 2. The van der Waals surface area contributed by atoms with Crippen molar-refractivity contribution in [1.82, 2.24) is 9.97 Å². The van der Waals surface area contributed by atoms with Gasteiger partial charge in [0.25, 0.3) is 0 Å². The van der Waals surface area contributed by atoms with Crippen LogP contribution in [0.3, 0.4) is 0 Å². The molecule has 6 heteroatoms. The highest BCUT2D eigenvalue weighted by Gasteiger charge is 2.34. The predicted octanol–water partition coefficient (Wildman–Crippen LogP) is 3.88. The van der Waals surface area contributed by atoms with Crippen molar-refractivity contribution in [2.45, 2.75) is 51.5 Å². The second-order valence-corrected chi connectivity index (χ2v) is 8.16. The average Bonchev–Trinajstić information content (AvgIpc) is 2.49. The molecule has 1 aromatic rings. The van der Waals surface area contributed by atoms with E-state index >= 15 is 0 Å². The number of aliphatic imine (C=N–C) groups is 1. The minimum absolute atomic E-state index is 0.161. The molecule has 0 bridgehead atoms. The van der Waals surface area contributed by atoms with Crippen LogP contribution in [0.15, 0.2) is 26.9 Å². The van der Waals surface area contributed by atoms with Gasteiger partial charge in [-0.3, -0.25) is 0 Å². The molecule has 0 saturated carbocycles. The summed E-state index contributed by atoms with van der Waals surface area (Å²) in [6, 6.07) is 0. The zero-order valence-electron chi connectivity index (χ0n) is 14.4. The number of nitrogens with two attached hydrogens (primary N) is 1. The lowest BCUT2D eigenvalue weighted by Gasteiger charge is -2.34. The van der Waals surface area contributed by atoms with E-state index in [9.17, 15) is 0 Å². The molecule has 0 fully saturated rings. The Bertz CT molecular complexity index is 678. The van der Waals surface area contributed by atoms with Crippen molar-refractivity contribution in [1.29, 1.82) is 0 Å². The van der Waals surface area contributed by atoms with Gasteiger partial charge >= 0.3 is 0 Å². The number of unbranched alkanes of at least 4 members (excludes halogenated alkanes) is 1. The maximum atomic E-state index is 6.31. The zero-order chi connectivity index (χ0) is 16.6. The smallest absolute Gasteiger partial charge is 0.158 e. The molecule has 124 valence electrons. The Morgan fingerprint density at radius 1 is 1.30 bits per heavy atom. The van der Waals surface area contributed by atoms with E-state index in [1.165, 1.54) is 6.42 Å². The summed E-state index contributed by atoms with van der Waals surface area (Å²) in [5, 5.41) is 0.916. The molecule has 0 amide bonds. The molecule has 1 aromatic heterocycles. The van der Waals surface area contributed by atoms with E-state index in [4.69, 9.17) is 10.7 Å². The number of fused-ring (bicyclic) bond motifs is 2. The van der Waals surface area contributed by atoms with Gasteiger partial charge in [-0.2, -0.15) is 0 Å². The average molecular weight is 331 g/mol. The Hall–Kier alpha value is -1.56. The van der Waals surface area contributed by atoms with Crippen molar-refractivity contribution in [3.8, 4) is 0 Å². The third kappa shape index (κ3) is 3.22. The highest BCUT2D eigenvalue weighted by molar-refractivity contribution is 8.04. The van der Waals surface area contributed by atoms with Crippen molar-refractivity contribution < 1.29 is 0 Å². The Morgan fingerprint density at radius 2 is 2.09 bits per heavy atom. The van der Waals surface area contributed by atoms with Crippen molar-refractivity contribution in [3.63, 3.8) is 0 Å². The summed E-state index contributed by atoms with van der Waals surface area (Å²) >= 11 is 1.65. The number of thioether (sulfide) groups is 1. The van der Waals surface area contributed by atoms with Crippen LogP contribution in [0.25, 0.3) is 0 Å². The largest absolute Gasteiger partial charge is 0.401 e. The van der Waals surface area contributed by atoms with Gasteiger partial charge in [-0.1, -0.05) is 39.0 Å². The molecule has 0 spiro atoms. The van der Waals surface area contributed by atoms with Crippen molar-refractivity contribution in [2.24, 2.45) is 16.1 Å². The lowest BCUT2D eigenvalue weighted by Crippen LogP contribution is -2.29. The van der Waals surface area contributed by atoms with Gasteiger partial charge < -0.3 is 10.6 Å². The van der Waals surface area contributed by atoms with E-state index in [1.54, 1.807) is 18.1 Å². The summed E-state index contributed by atoms with van der Waals surface area (Å²) in [5.41, 5.74) is 9.41. The topological polar surface area (TPSA) is 67.4 Å². The Morgan fingerprint density at radius 3 is 2.83 bits per heavy atom. The Balaban J connectivity index is 2.02. The van der Waals surface area contributed by atoms with E-state index < -0.39 is 0 Å². The number of hydrogen-bond acceptors (Lipinski definition) is 6. The molecule has 2 aliphatic rings. The van der Waals surface area contributed by atoms with Crippen LogP contribution in [0.2, 0.25) is 0 Å². The van der Waals surface area contributed by atoms with Crippen LogP contribution in [0.1, 0.15) is 46.5 Å². The van der Waals surface area contributed by atoms with Crippen molar-refractivity contribution >= 4 is 29.0 Å². The van der Waals surface area contributed by atoms with E-state index in [-0.39, 0.29) is 5.41 Å². The number of rotatable bonds is 4. The normalized spacial score (nSPS) is 19.0. The number of allylic oxidation sites excluding steroid dienone is 2. The lowest BCUT2D eigenvalue weighted by molar-refractivity contribution is 0.371. The van der Waals surface area contributed by atoms with E-state index in [0.717, 1.165) is 58.7 Å². The summed E-state index contributed by atoms with van der Waals surface area (Å²) in [6.07, 6.45) is 5.80. The fourth-order valence-electron chi connectivity index (χ4n) is 3.13. The standard InChI is InChI=1S/C17H25N5S/c1-5-6-7-22(4)15-13-16(20-10-19-15)23-14-11(18)8-17(2,3)9-12(14)21-13/h10H,5-9,18H2,1-4H3. The van der Waals surface area contributed by atoms with Gasteiger partial charge in [-0.15, -0.1) is 0 Å². The molecule has 1 aliphatic heterocycles. The van der Waals surface area contributed by atoms with E-state index in [2.05, 4.69) is 42.7 Å². The van der Waals surface area contributed by atoms with E-state index in [0.29, 0.717) is 0 Å². The quantitative estimate of drug-likeness (QED) is 0.848. The van der Waals surface area contributed by atoms with Crippen LogP contribution in [0, 0.1) is 5.41 Å². The molecule has 23 heavy (non-hydrogen) atoms. The second kappa shape index (κ2) is 6.15. The minimum Gasteiger partial charge on any atom is -0.401 e. The Labute approximate surface area is 142 Å². The summed E-state index contributed by atoms with van der Waals surface area (Å²) in [5.74, 6) is 0.921. The summed E-state index contributed by atoms with van der Waals surface area (Å²) in [7, 11) is 2.08.